The first kappa shape index (κ1) is 17.8. The fraction of sp³-hybridized carbons (Fsp3) is 0.222. The van der Waals surface area contributed by atoms with E-state index in [1.165, 1.54) is 0 Å². The number of anilines is 1. The van der Waals surface area contributed by atoms with E-state index in [1.54, 1.807) is 56.5 Å². The van der Waals surface area contributed by atoms with Crippen molar-refractivity contribution in [2.45, 2.75) is 13.3 Å². The zero-order valence-electron chi connectivity index (χ0n) is 13.5. The summed E-state index contributed by atoms with van der Waals surface area (Å²) in [6, 6.07) is 12.3. The molecule has 0 bridgehead atoms. The minimum Gasteiger partial charge on any atom is -0.497 e. The molecular formula is C18H18ClNO4. The van der Waals surface area contributed by atoms with Gasteiger partial charge in [0.25, 0.3) is 5.91 Å². The summed E-state index contributed by atoms with van der Waals surface area (Å²) >= 11 is 5.99. The highest BCUT2D eigenvalue weighted by Gasteiger charge is 2.11. The Labute approximate surface area is 145 Å². The second-order valence-electron chi connectivity index (χ2n) is 5.15. The van der Waals surface area contributed by atoms with Gasteiger partial charge in [0, 0.05) is 10.7 Å². The second kappa shape index (κ2) is 8.36. The summed E-state index contributed by atoms with van der Waals surface area (Å²) < 4.78 is 10.0. The number of nitrogens with one attached hydrogen (secondary N) is 1. The SMILES string of the molecule is COc1ccc(CC(=O)OCC(=O)Nc2cccc(Cl)c2C)cc1. The predicted octanol–water partition coefficient (Wildman–Crippen LogP) is 3.38. The van der Waals surface area contributed by atoms with Gasteiger partial charge in [-0.05, 0) is 42.3 Å². The number of halogens is 1. The third kappa shape index (κ3) is 4.99. The molecule has 6 heteroatoms. The predicted molar refractivity (Wildman–Crippen MR) is 92.5 cm³/mol. The first-order valence-corrected chi connectivity index (χ1v) is 7.71. The van der Waals surface area contributed by atoms with E-state index in [9.17, 15) is 9.59 Å². The molecule has 0 aliphatic carbocycles. The highest BCUT2D eigenvalue weighted by Crippen LogP contribution is 2.22. The lowest BCUT2D eigenvalue weighted by Gasteiger charge is -2.10. The van der Waals surface area contributed by atoms with Gasteiger partial charge in [0.1, 0.15) is 5.75 Å². The molecule has 0 radical (unpaired) electrons. The molecule has 0 saturated heterocycles. The van der Waals surface area contributed by atoms with Crippen molar-refractivity contribution in [3.8, 4) is 5.75 Å². The van der Waals surface area contributed by atoms with Crippen LogP contribution in [0.2, 0.25) is 5.02 Å². The van der Waals surface area contributed by atoms with Crippen LogP contribution < -0.4 is 10.1 Å². The van der Waals surface area contributed by atoms with Gasteiger partial charge >= 0.3 is 5.97 Å². The molecule has 0 spiro atoms. The second-order valence-corrected chi connectivity index (χ2v) is 5.55. The van der Waals surface area contributed by atoms with E-state index in [2.05, 4.69) is 5.32 Å². The molecule has 2 rings (SSSR count). The van der Waals surface area contributed by atoms with E-state index in [-0.39, 0.29) is 13.0 Å². The van der Waals surface area contributed by atoms with E-state index in [0.717, 1.165) is 11.1 Å². The van der Waals surface area contributed by atoms with E-state index >= 15 is 0 Å². The van der Waals surface area contributed by atoms with Gasteiger partial charge in [-0.3, -0.25) is 9.59 Å². The van der Waals surface area contributed by atoms with Crippen LogP contribution >= 0.6 is 11.6 Å². The highest BCUT2D eigenvalue weighted by molar-refractivity contribution is 6.31. The Balaban J connectivity index is 1.82. The van der Waals surface area contributed by atoms with Crippen molar-refractivity contribution < 1.29 is 19.1 Å². The summed E-state index contributed by atoms with van der Waals surface area (Å²) in [6.45, 7) is 1.45. The molecule has 0 atom stereocenters. The number of carbonyl (C=O) groups excluding carboxylic acids is 2. The van der Waals surface area contributed by atoms with Crippen LogP contribution in [0.25, 0.3) is 0 Å². The molecule has 24 heavy (non-hydrogen) atoms. The summed E-state index contributed by atoms with van der Waals surface area (Å²) in [5, 5.41) is 3.23. The van der Waals surface area contributed by atoms with Gasteiger partial charge in [0.2, 0.25) is 0 Å². The lowest BCUT2D eigenvalue weighted by atomic mass is 10.1. The lowest BCUT2D eigenvalue weighted by molar-refractivity contribution is -0.146. The molecule has 0 aliphatic rings. The normalized spacial score (nSPS) is 10.1. The number of hydrogen-bond acceptors (Lipinski definition) is 4. The van der Waals surface area contributed by atoms with Crippen molar-refractivity contribution >= 4 is 29.2 Å². The molecular weight excluding hydrogens is 330 g/mol. The molecule has 126 valence electrons. The molecule has 0 aliphatic heterocycles. The molecule has 1 N–H and O–H groups in total. The minimum atomic E-state index is -0.474. The van der Waals surface area contributed by atoms with Crippen LogP contribution in [0.1, 0.15) is 11.1 Å². The minimum absolute atomic E-state index is 0.0907. The summed E-state index contributed by atoms with van der Waals surface area (Å²) in [5.74, 6) is -0.176. The van der Waals surface area contributed by atoms with Crippen LogP contribution in [-0.4, -0.2) is 25.6 Å². The van der Waals surface area contributed by atoms with Crippen LogP contribution in [0.3, 0.4) is 0 Å². The molecule has 5 nitrogen and oxygen atoms in total. The van der Waals surface area contributed by atoms with Crippen LogP contribution in [0.15, 0.2) is 42.5 Å². The largest absolute Gasteiger partial charge is 0.497 e. The average Bonchev–Trinajstić information content (AvgIpc) is 2.58. The van der Waals surface area contributed by atoms with Crippen LogP contribution in [0.5, 0.6) is 5.75 Å². The van der Waals surface area contributed by atoms with Gasteiger partial charge in [-0.2, -0.15) is 0 Å². The Morgan fingerprint density at radius 2 is 1.83 bits per heavy atom. The Kier molecular flexibility index (Phi) is 6.21. The van der Waals surface area contributed by atoms with Gasteiger partial charge in [-0.15, -0.1) is 0 Å². The molecule has 0 saturated carbocycles. The zero-order chi connectivity index (χ0) is 17.5. The first-order chi connectivity index (χ1) is 11.5. The monoisotopic (exact) mass is 347 g/mol. The van der Waals surface area contributed by atoms with Crippen molar-refractivity contribution in [3.05, 3.63) is 58.6 Å². The Bertz CT molecular complexity index is 728. The molecule has 2 aromatic rings. The van der Waals surface area contributed by atoms with Gasteiger partial charge in [-0.1, -0.05) is 29.8 Å². The fourth-order valence-corrected chi connectivity index (χ4v) is 2.21. The zero-order valence-corrected chi connectivity index (χ0v) is 14.2. The summed E-state index contributed by atoms with van der Waals surface area (Å²) in [6.07, 6.45) is 0.0907. The molecule has 1 amide bonds. The standard InChI is InChI=1S/C18H18ClNO4/c1-12-15(19)4-3-5-16(12)20-17(21)11-24-18(22)10-13-6-8-14(23-2)9-7-13/h3-9H,10-11H2,1-2H3,(H,20,21). The third-order valence-electron chi connectivity index (χ3n) is 3.41. The number of carbonyl (C=O) groups is 2. The van der Waals surface area contributed by atoms with Crippen molar-refractivity contribution in [3.63, 3.8) is 0 Å². The molecule has 2 aromatic carbocycles. The number of rotatable bonds is 6. The van der Waals surface area contributed by atoms with Gasteiger partial charge in [-0.25, -0.2) is 0 Å². The maximum absolute atomic E-state index is 11.9. The van der Waals surface area contributed by atoms with Crippen LogP contribution in [-0.2, 0) is 20.7 Å². The smallest absolute Gasteiger partial charge is 0.310 e. The third-order valence-corrected chi connectivity index (χ3v) is 3.82. The molecule has 0 unspecified atom stereocenters. The Morgan fingerprint density at radius 3 is 2.50 bits per heavy atom. The summed E-state index contributed by atoms with van der Waals surface area (Å²) in [4.78, 5) is 23.7. The summed E-state index contributed by atoms with van der Waals surface area (Å²) in [7, 11) is 1.57. The fourth-order valence-electron chi connectivity index (χ4n) is 2.04. The Hall–Kier alpha value is -2.53. The van der Waals surface area contributed by atoms with E-state index in [4.69, 9.17) is 21.1 Å². The van der Waals surface area contributed by atoms with Crippen molar-refractivity contribution in [2.75, 3.05) is 19.0 Å². The van der Waals surface area contributed by atoms with E-state index in [1.807, 2.05) is 0 Å². The van der Waals surface area contributed by atoms with E-state index < -0.39 is 11.9 Å². The Morgan fingerprint density at radius 1 is 1.12 bits per heavy atom. The van der Waals surface area contributed by atoms with Crippen molar-refractivity contribution in [2.24, 2.45) is 0 Å². The molecule has 0 heterocycles. The molecule has 0 fully saturated rings. The maximum atomic E-state index is 11.9. The molecule has 0 aromatic heterocycles. The first-order valence-electron chi connectivity index (χ1n) is 7.33. The van der Waals surface area contributed by atoms with Crippen molar-refractivity contribution in [1.29, 1.82) is 0 Å². The maximum Gasteiger partial charge on any atom is 0.310 e. The highest BCUT2D eigenvalue weighted by atomic mass is 35.5. The lowest BCUT2D eigenvalue weighted by Crippen LogP contribution is -2.22. The van der Waals surface area contributed by atoms with Crippen LogP contribution in [0.4, 0.5) is 5.69 Å². The topological polar surface area (TPSA) is 64.6 Å². The number of hydrogen-bond donors (Lipinski definition) is 1. The number of methoxy groups -OCH3 is 1. The number of benzene rings is 2. The summed E-state index contributed by atoms with van der Waals surface area (Å²) in [5.41, 5.74) is 2.14. The van der Waals surface area contributed by atoms with Crippen LogP contribution in [0, 0.1) is 6.92 Å². The average molecular weight is 348 g/mol. The number of ether oxygens (including phenoxy) is 2. The number of amides is 1. The van der Waals surface area contributed by atoms with Gasteiger partial charge in [0.05, 0.1) is 13.5 Å². The van der Waals surface area contributed by atoms with Crippen molar-refractivity contribution in [1.82, 2.24) is 0 Å². The quantitative estimate of drug-likeness (QED) is 0.813. The van der Waals surface area contributed by atoms with Gasteiger partial charge < -0.3 is 14.8 Å². The van der Waals surface area contributed by atoms with Gasteiger partial charge in [0.15, 0.2) is 6.61 Å². The number of esters is 1. The van der Waals surface area contributed by atoms with E-state index in [0.29, 0.717) is 16.5 Å².